The standard InChI is InChI=1S/C17H35NOS2.C15H28O4.C11H22O.C7H16/c1-6-12-20-14-15(21-13-7-2)8-9-16(19)18-11-10-17(3,4)5;1-6-8-13(16)18-11-12(10-15(3,4)5)19-14(17)9-7-2;1-5-7-10(12)8-6-9-11(2,3)4;1-5-6-7(2,3)4/h15H,6-14H2,1-5H3,(H,18,19);12H,6-11H2,1-5H3;5-9H2,1-4H3;5-6H2,1-4H3. The number of nitrogens with one attached hydrogen (secondary N) is 1. The molecule has 59 heavy (non-hydrogen) atoms. The molecule has 0 aliphatic heterocycles. The summed E-state index contributed by atoms with van der Waals surface area (Å²) >= 11 is 4.07. The SMILES string of the molecule is CCCC(=O)CCCC(C)(C)C.CCCC(=O)OCC(CC(C)(C)C)OC(=O)CCC.CCCC(C)(C)C.CCCSCC(CCC(=O)NCCC(C)(C)C)SCCC. The van der Waals surface area contributed by atoms with Crippen molar-refractivity contribution in [2.24, 2.45) is 21.7 Å². The number of amides is 1. The van der Waals surface area contributed by atoms with Crippen LogP contribution in [-0.2, 0) is 28.7 Å². The number of rotatable bonds is 26. The summed E-state index contributed by atoms with van der Waals surface area (Å²) in [5.41, 5.74) is 1.25. The molecule has 1 N–H and O–H groups in total. The van der Waals surface area contributed by atoms with Gasteiger partial charge in [0.15, 0.2) is 0 Å². The first-order valence-electron chi connectivity index (χ1n) is 23.5. The summed E-state index contributed by atoms with van der Waals surface area (Å²) in [6.45, 7) is 39.9. The fourth-order valence-electron chi connectivity index (χ4n) is 5.51. The molecular formula is C50H101NO6S2. The van der Waals surface area contributed by atoms with Crippen LogP contribution >= 0.6 is 23.5 Å². The van der Waals surface area contributed by atoms with E-state index in [1.807, 2.05) is 37.4 Å². The number of carbonyl (C=O) groups is 4. The van der Waals surface area contributed by atoms with Crippen LogP contribution in [0.15, 0.2) is 0 Å². The lowest BCUT2D eigenvalue weighted by molar-refractivity contribution is -0.160. The molecule has 0 bridgehead atoms. The molecular weight excluding hydrogens is 775 g/mol. The van der Waals surface area contributed by atoms with Crippen LogP contribution in [0.2, 0.25) is 0 Å². The topological polar surface area (TPSA) is 98.8 Å². The van der Waals surface area contributed by atoms with E-state index < -0.39 is 0 Å². The van der Waals surface area contributed by atoms with Gasteiger partial charge in [-0.2, -0.15) is 23.5 Å². The molecule has 0 aliphatic rings. The highest BCUT2D eigenvalue weighted by Crippen LogP contribution is 2.25. The number of ether oxygens (including phenoxy) is 2. The average molecular weight is 876 g/mol. The van der Waals surface area contributed by atoms with Gasteiger partial charge in [0.25, 0.3) is 0 Å². The minimum absolute atomic E-state index is 0.0221. The van der Waals surface area contributed by atoms with Gasteiger partial charge in [-0.1, -0.05) is 131 Å². The molecule has 0 spiro atoms. The number of thioether (sulfide) groups is 2. The number of carbonyl (C=O) groups excluding carboxylic acids is 4. The first-order valence-corrected chi connectivity index (χ1v) is 25.7. The molecule has 0 saturated carbocycles. The number of esters is 2. The number of hydrogen-bond acceptors (Lipinski definition) is 8. The van der Waals surface area contributed by atoms with Gasteiger partial charge in [-0.3, -0.25) is 19.2 Å². The minimum atomic E-state index is -0.347. The smallest absolute Gasteiger partial charge is 0.306 e. The molecule has 0 fully saturated rings. The monoisotopic (exact) mass is 876 g/mol. The summed E-state index contributed by atoms with van der Waals surface area (Å²) in [5.74, 6) is 3.84. The second kappa shape index (κ2) is 38.5. The van der Waals surface area contributed by atoms with Crippen molar-refractivity contribution in [3.05, 3.63) is 0 Å². The van der Waals surface area contributed by atoms with Gasteiger partial charge in [-0.15, -0.1) is 0 Å². The molecule has 0 radical (unpaired) electrons. The van der Waals surface area contributed by atoms with Gasteiger partial charge in [0.05, 0.1) is 0 Å². The highest BCUT2D eigenvalue weighted by molar-refractivity contribution is 8.03. The van der Waals surface area contributed by atoms with Crippen LogP contribution in [0, 0.1) is 21.7 Å². The minimum Gasteiger partial charge on any atom is -0.462 e. The van der Waals surface area contributed by atoms with E-state index in [4.69, 9.17) is 9.47 Å². The number of hydrogen-bond donors (Lipinski definition) is 1. The Morgan fingerprint density at radius 3 is 1.53 bits per heavy atom. The molecule has 1 amide bonds. The Morgan fingerprint density at radius 2 is 1.08 bits per heavy atom. The summed E-state index contributed by atoms with van der Waals surface area (Å²) < 4.78 is 10.5. The second-order valence-electron chi connectivity index (χ2n) is 20.8. The Kier molecular flexibility index (Phi) is 42.0. The van der Waals surface area contributed by atoms with Gasteiger partial charge in [0, 0.05) is 49.7 Å². The largest absolute Gasteiger partial charge is 0.462 e. The predicted octanol–water partition coefficient (Wildman–Crippen LogP) is 14.9. The summed E-state index contributed by atoms with van der Waals surface area (Å²) in [4.78, 5) is 45.9. The predicted molar refractivity (Wildman–Crippen MR) is 263 cm³/mol. The molecule has 354 valence electrons. The summed E-state index contributed by atoms with van der Waals surface area (Å²) in [5, 5.41) is 3.70. The molecule has 0 heterocycles. The summed E-state index contributed by atoms with van der Waals surface area (Å²) in [7, 11) is 0. The van der Waals surface area contributed by atoms with Crippen molar-refractivity contribution in [3.8, 4) is 0 Å². The first kappa shape index (κ1) is 64.4. The molecule has 7 nitrogen and oxygen atoms in total. The maximum atomic E-state index is 11.9. The zero-order chi connectivity index (χ0) is 46.6. The molecule has 0 aromatic heterocycles. The van der Waals surface area contributed by atoms with Gasteiger partial charge < -0.3 is 14.8 Å². The van der Waals surface area contributed by atoms with Crippen LogP contribution in [0.5, 0.6) is 0 Å². The van der Waals surface area contributed by atoms with Crippen LogP contribution in [-0.4, -0.2) is 65.4 Å². The molecule has 0 aromatic rings. The fourth-order valence-corrected chi connectivity index (χ4v) is 7.93. The first-order chi connectivity index (χ1) is 27.2. The normalized spacial score (nSPS) is 12.6. The van der Waals surface area contributed by atoms with Crippen LogP contribution in [0.1, 0.15) is 234 Å². The van der Waals surface area contributed by atoms with Crippen molar-refractivity contribution in [1.82, 2.24) is 5.32 Å². The van der Waals surface area contributed by atoms with Crippen molar-refractivity contribution in [2.75, 3.05) is 30.4 Å². The summed E-state index contributed by atoms with van der Waals surface area (Å²) in [6, 6.07) is 0. The maximum Gasteiger partial charge on any atom is 0.306 e. The quantitative estimate of drug-likeness (QED) is 0.0678. The van der Waals surface area contributed by atoms with Crippen molar-refractivity contribution >= 4 is 47.2 Å². The molecule has 0 aromatic carbocycles. The van der Waals surface area contributed by atoms with Crippen molar-refractivity contribution in [1.29, 1.82) is 0 Å². The van der Waals surface area contributed by atoms with Gasteiger partial charge in [-0.05, 0) is 104 Å². The highest BCUT2D eigenvalue weighted by Gasteiger charge is 2.23. The third-order valence-corrected chi connectivity index (χ3v) is 11.6. The Morgan fingerprint density at radius 1 is 0.559 bits per heavy atom. The maximum absolute atomic E-state index is 11.9. The van der Waals surface area contributed by atoms with Crippen LogP contribution in [0.25, 0.3) is 0 Å². The van der Waals surface area contributed by atoms with Gasteiger partial charge >= 0.3 is 11.9 Å². The van der Waals surface area contributed by atoms with E-state index in [2.05, 4.69) is 116 Å². The van der Waals surface area contributed by atoms with Crippen molar-refractivity contribution in [3.63, 3.8) is 0 Å². The summed E-state index contributed by atoms with van der Waals surface area (Å²) in [6.07, 6.45) is 15.3. The third-order valence-electron chi connectivity index (χ3n) is 8.49. The molecule has 0 rings (SSSR count). The highest BCUT2D eigenvalue weighted by atomic mass is 32.2. The van der Waals surface area contributed by atoms with Crippen LogP contribution in [0.3, 0.4) is 0 Å². The Labute approximate surface area is 376 Å². The molecule has 9 heteroatoms. The molecule has 0 saturated heterocycles. The van der Waals surface area contributed by atoms with Gasteiger partial charge in [0.2, 0.25) is 5.91 Å². The van der Waals surface area contributed by atoms with Gasteiger partial charge in [0.1, 0.15) is 18.5 Å². The Bertz CT molecular complexity index is 1020. The fraction of sp³-hybridized carbons (Fsp3) is 0.920. The van der Waals surface area contributed by atoms with Crippen LogP contribution in [0.4, 0.5) is 0 Å². The van der Waals surface area contributed by atoms with Gasteiger partial charge in [-0.25, -0.2) is 0 Å². The Balaban J connectivity index is -0.000000365. The molecule has 2 atom stereocenters. The zero-order valence-corrected chi connectivity index (χ0v) is 44.1. The van der Waals surface area contributed by atoms with E-state index >= 15 is 0 Å². The molecule has 2 unspecified atom stereocenters. The van der Waals surface area contributed by atoms with E-state index in [1.165, 1.54) is 42.9 Å². The number of Topliss-reactive ketones (excluding diaryl/α,β-unsaturated/α-hetero) is 1. The van der Waals surface area contributed by atoms with E-state index in [0.717, 1.165) is 64.3 Å². The zero-order valence-electron chi connectivity index (χ0n) is 42.5. The molecule has 0 aliphatic carbocycles. The van der Waals surface area contributed by atoms with Crippen LogP contribution < -0.4 is 5.32 Å². The van der Waals surface area contributed by atoms with Crippen molar-refractivity contribution in [2.45, 2.75) is 245 Å². The third kappa shape index (κ3) is 58.9. The lowest BCUT2D eigenvalue weighted by Crippen LogP contribution is -2.29. The number of ketones is 1. The second-order valence-corrected chi connectivity index (χ2v) is 23.4. The van der Waals surface area contributed by atoms with E-state index in [0.29, 0.717) is 53.0 Å². The lowest BCUT2D eigenvalue weighted by Gasteiger charge is -2.25. The van der Waals surface area contributed by atoms with E-state index in [9.17, 15) is 19.2 Å². The Hall–Kier alpha value is -1.22. The van der Waals surface area contributed by atoms with Crippen molar-refractivity contribution < 1.29 is 28.7 Å². The van der Waals surface area contributed by atoms with E-state index in [-0.39, 0.29) is 36.0 Å². The van der Waals surface area contributed by atoms with E-state index in [1.54, 1.807) is 0 Å². The average Bonchev–Trinajstić information content (AvgIpc) is 3.07. The lowest BCUT2D eigenvalue weighted by atomic mass is 9.89.